The lowest BCUT2D eigenvalue weighted by Gasteiger charge is -2.17. The quantitative estimate of drug-likeness (QED) is 0.224. The molecule has 6 nitrogen and oxygen atoms in total. The lowest BCUT2D eigenvalue weighted by molar-refractivity contribution is -0.138. The fourth-order valence-corrected chi connectivity index (χ4v) is 5.86. The van der Waals surface area contributed by atoms with Crippen LogP contribution in [0.1, 0.15) is 11.1 Å². The Morgan fingerprint density at radius 1 is 0.475 bits per heavy atom. The molecule has 0 spiro atoms. The molecule has 210 valence electrons. The van der Waals surface area contributed by atoms with Crippen LogP contribution in [0.15, 0.2) is 107 Å². The van der Waals surface area contributed by atoms with E-state index in [4.69, 9.17) is 0 Å². The SMILES string of the molecule is O=S(=O)(Nc1ccc(-c2ccccc2)cc1NS(=O)(=O)c1cccc(C(F)(F)F)c1)c1cccc(C(F)(F)F)c1. The highest BCUT2D eigenvalue weighted by atomic mass is 32.2. The van der Waals surface area contributed by atoms with Crippen molar-refractivity contribution in [2.45, 2.75) is 22.1 Å². The first-order valence-electron chi connectivity index (χ1n) is 11.2. The first-order chi connectivity index (χ1) is 18.6. The van der Waals surface area contributed by atoms with E-state index in [1.165, 1.54) is 18.2 Å². The van der Waals surface area contributed by atoms with Crippen molar-refractivity contribution in [2.24, 2.45) is 0 Å². The van der Waals surface area contributed by atoms with Crippen molar-refractivity contribution in [2.75, 3.05) is 9.44 Å². The second-order valence-corrected chi connectivity index (χ2v) is 11.8. The van der Waals surface area contributed by atoms with Gasteiger partial charge in [-0.15, -0.1) is 0 Å². The van der Waals surface area contributed by atoms with Crippen molar-refractivity contribution < 1.29 is 43.2 Å². The highest BCUT2D eigenvalue weighted by Gasteiger charge is 2.33. The van der Waals surface area contributed by atoms with Gasteiger partial charge in [0.15, 0.2) is 0 Å². The fraction of sp³-hybridized carbons (Fsp3) is 0.0769. The number of rotatable bonds is 7. The first kappa shape index (κ1) is 29.0. The van der Waals surface area contributed by atoms with Crippen LogP contribution >= 0.6 is 0 Å². The predicted molar refractivity (Wildman–Crippen MR) is 136 cm³/mol. The van der Waals surface area contributed by atoms with Crippen molar-refractivity contribution in [1.82, 2.24) is 0 Å². The van der Waals surface area contributed by atoms with Crippen molar-refractivity contribution in [3.8, 4) is 11.1 Å². The maximum Gasteiger partial charge on any atom is 0.416 e. The van der Waals surface area contributed by atoms with E-state index in [-0.39, 0.29) is 11.4 Å². The third-order valence-electron chi connectivity index (χ3n) is 5.56. The van der Waals surface area contributed by atoms with Crippen molar-refractivity contribution in [3.05, 3.63) is 108 Å². The van der Waals surface area contributed by atoms with E-state index in [1.807, 2.05) is 0 Å². The third-order valence-corrected chi connectivity index (χ3v) is 8.29. The molecule has 0 fully saturated rings. The monoisotopic (exact) mass is 600 g/mol. The summed E-state index contributed by atoms with van der Waals surface area (Å²) in [5.41, 5.74) is -2.21. The van der Waals surface area contributed by atoms with Crippen LogP contribution in [-0.2, 0) is 32.4 Å². The molecule has 4 aromatic rings. The van der Waals surface area contributed by atoms with Crippen LogP contribution < -0.4 is 9.44 Å². The molecule has 0 aliphatic carbocycles. The summed E-state index contributed by atoms with van der Waals surface area (Å²) in [5, 5.41) is 0. The van der Waals surface area contributed by atoms with Crippen LogP contribution in [0.3, 0.4) is 0 Å². The molecule has 0 bridgehead atoms. The molecular formula is C26H18F6N2O4S2. The van der Waals surface area contributed by atoms with Gasteiger partial charge in [0.05, 0.1) is 32.3 Å². The van der Waals surface area contributed by atoms with Gasteiger partial charge in [-0.3, -0.25) is 9.44 Å². The minimum atomic E-state index is -4.83. The normalized spacial score (nSPS) is 12.7. The predicted octanol–water partition coefficient (Wildman–Crippen LogP) is 6.99. The summed E-state index contributed by atoms with van der Waals surface area (Å²) in [6.07, 6.45) is -9.65. The average molecular weight is 601 g/mol. The van der Waals surface area contributed by atoms with Gasteiger partial charge < -0.3 is 0 Å². The zero-order valence-electron chi connectivity index (χ0n) is 20.0. The van der Waals surface area contributed by atoms with E-state index in [9.17, 15) is 43.2 Å². The van der Waals surface area contributed by atoms with Crippen LogP contribution in [0.25, 0.3) is 11.1 Å². The molecule has 14 heteroatoms. The number of alkyl halides is 6. The van der Waals surface area contributed by atoms with Gasteiger partial charge in [0, 0.05) is 0 Å². The number of benzene rings is 4. The van der Waals surface area contributed by atoms with E-state index < -0.39 is 53.3 Å². The van der Waals surface area contributed by atoms with Gasteiger partial charge in [0.25, 0.3) is 20.0 Å². The zero-order chi connectivity index (χ0) is 29.3. The number of hydrogen-bond donors (Lipinski definition) is 2. The van der Waals surface area contributed by atoms with E-state index in [0.29, 0.717) is 35.4 Å². The maximum absolute atomic E-state index is 13.2. The van der Waals surface area contributed by atoms with Crippen LogP contribution in [-0.4, -0.2) is 16.8 Å². The number of sulfonamides is 2. The highest BCUT2D eigenvalue weighted by molar-refractivity contribution is 7.93. The number of nitrogens with one attached hydrogen (secondary N) is 2. The third kappa shape index (κ3) is 6.57. The van der Waals surface area contributed by atoms with Gasteiger partial charge in [-0.25, -0.2) is 16.8 Å². The van der Waals surface area contributed by atoms with Gasteiger partial charge in [-0.2, -0.15) is 26.3 Å². The Hall–Kier alpha value is -4.04. The molecule has 0 aliphatic heterocycles. The van der Waals surface area contributed by atoms with Gasteiger partial charge in [0.1, 0.15) is 0 Å². The Kier molecular flexibility index (Phi) is 7.60. The highest BCUT2D eigenvalue weighted by Crippen LogP contribution is 2.35. The maximum atomic E-state index is 13.2. The van der Waals surface area contributed by atoms with E-state index >= 15 is 0 Å². The summed E-state index contributed by atoms with van der Waals surface area (Å²) in [5.74, 6) is 0. The van der Waals surface area contributed by atoms with Crippen LogP contribution in [0.5, 0.6) is 0 Å². The first-order valence-corrected chi connectivity index (χ1v) is 14.1. The van der Waals surface area contributed by atoms with E-state index in [1.54, 1.807) is 30.3 Å². The van der Waals surface area contributed by atoms with Crippen LogP contribution in [0, 0.1) is 0 Å². The standard InChI is InChI=1S/C26H18F6N2O4S2/c27-25(28,29)19-8-4-10-21(15-19)39(35,36)33-23-13-12-18(17-6-2-1-3-7-17)14-24(23)34-40(37,38)22-11-5-9-20(16-22)26(30,31)32/h1-16,33-34H. The summed E-state index contributed by atoms with van der Waals surface area (Å²) in [4.78, 5) is -1.50. The molecule has 4 rings (SSSR count). The van der Waals surface area contributed by atoms with Crippen LogP contribution in [0.2, 0.25) is 0 Å². The second kappa shape index (κ2) is 10.5. The summed E-state index contributed by atoms with van der Waals surface area (Å²) in [6, 6.07) is 18.1. The molecule has 4 aromatic carbocycles. The Balaban J connectivity index is 1.78. The summed E-state index contributed by atoms with van der Waals surface area (Å²) in [6.45, 7) is 0. The van der Waals surface area contributed by atoms with E-state index in [0.717, 1.165) is 24.3 Å². The van der Waals surface area contributed by atoms with Gasteiger partial charge in [-0.1, -0.05) is 48.5 Å². The van der Waals surface area contributed by atoms with Crippen molar-refractivity contribution in [3.63, 3.8) is 0 Å². The van der Waals surface area contributed by atoms with Crippen LogP contribution in [0.4, 0.5) is 37.7 Å². The topological polar surface area (TPSA) is 92.3 Å². The van der Waals surface area contributed by atoms with Crippen molar-refractivity contribution >= 4 is 31.4 Å². The fourth-order valence-electron chi connectivity index (χ4n) is 3.61. The molecule has 0 atom stereocenters. The second-order valence-electron chi connectivity index (χ2n) is 8.39. The Labute approximate surface area is 225 Å². The number of hydrogen-bond acceptors (Lipinski definition) is 4. The molecule has 0 aliphatic rings. The Morgan fingerprint density at radius 2 is 0.950 bits per heavy atom. The summed E-state index contributed by atoms with van der Waals surface area (Å²) in [7, 11) is -9.37. The van der Waals surface area contributed by atoms with Gasteiger partial charge in [-0.05, 0) is 59.7 Å². The molecule has 2 N–H and O–H groups in total. The van der Waals surface area contributed by atoms with Gasteiger partial charge in [0.2, 0.25) is 0 Å². The summed E-state index contributed by atoms with van der Waals surface area (Å²) < 4.78 is 135. The number of anilines is 2. The smallest absolute Gasteiger partial charge is 0.277 e. The molecule has 0 saturated heterocycles. The molecule has 0 radical (unpaired) electrons. The molecular weight excluding hydrogens is 582 g/mol. The molecule has 0 amide bonds. The van der Waals surface area contributed by atoms with E-state index in [2.05, 4.69) is 9.44 Å². The van der Waals surface area contributed by atoms with Gasteiger partial charge >= 0.3 is 12.4 Å². The zero-order valence-corrected chi connectivity index (χ0v) is 21.6. The molecule has 0 saturated carbocycles. The molecule has 0 heterocycles. The Bertz CT molecular complexity index is 1760. The Morgan fingerprint density at radius 3 is 1.43 bits per heavy atom. The number of halogens is 6. The molecule has 0 unspecified atom stereocenters. The largest absolute Gasteiger partial charge is 0.416 e. The molecule has 40 heavy (non-hydrogen) atoms. The summed E-state index contributed by atoms with van der Waals surface area (Å²) >= 11 is 0. The minimum Gasteiger partial charge on any atom is -0.277 e. The molecule has 0 aromatic heterocycles. The lowest BCUT2D eigenvalue weighted by Crippen LogP contribution is -2.18. The van der Waals surface area contributed by atoms with Crippen molar-refractivity contribution in [1.29, 1.82) is 0 Å². The lowest BCUT2D eigenvalue weighted by atomic mass is 10.0. The minimum absolute atomic E-state index is 0.380. The average Bonchev–Trinajstić information content (AvgIpc) is 2.89.